The van der Waals surface area contributed by atoms with Gasteiger partial charge in [-0.15, -0.1) is 5.10 Å². The second-order valence-electron chi connectivity index (χ2n) is 14.6. The number of nitrogens with one attached hydrogen (secondary N) is 4. The van der Waals surface area contributed by atoms with Crippen molar-refractivity contribution in [2.75, 3.05) is 20.2 Å². The van der Waals surface area contributed by atoms with Gasteiger partial charge in [-0.3, -0.25) is 23.9 Å². The molecule has 1 fully saturated rings. The number of carbonyl (C=O) groups is 5. The first kappa shape index (κ1) is 41.3. The lowest BCUT2D eigenvalue weighted by molar-refractivity contribution is -0.143. The van der Waals surface area contributed by atoms with Gasteiger partial charge < -0.3 is 40.7 Å². The van der Waals surface area contributed by atoms with Crippen molar-refractivity contribution in [3.05, 3.63) is 107 Å². The average Bonchev–Trinajstić information content (AvgIpc) is 3.92. The maximum absolute atomic E-state index is 14.3. The first-order valence-corrected chi connectivity index (χ1v) is 19.5. The van der Waals surface area contributed by atoms with Crippen molar-refractivity contribution < 1.29 is 38.6 Å². The molecule has 4 amide bonds. The number of aryl methyl sites for hydroxylation is 1. The average molecular weight is 795 g/mol. The van der Waals surface area contributed by atoms with Crippen LogP contribution in [0.2, 0.25) is 0 Å². The van der Waals surface area contributed by atoms with Gasteiger partial charge in [-0.05, 0) is 67.8 Å². The molecule has 306 valence electrons. The highest BCUT2D eigenvalue weighted by molar-refractivity contribution is 5.96. The van der Waals surface area contributed by atoms with Crippen molar-refractivity contribution in [1.82, 2.24) is 41.2 Å². The molecular formula is C42H50N8O8. The lowest BCUT2D eigenvalue weighted by atomic mass is 10.0. The number of ether oxygens (including phenoxy) is 2. The minimum atomic E-state index is -1.30. The minimum Gasteiger partial charge on any atom is -0.494 e. The number of aromatic nitrogens is 3. The number of carboxylic acid groups (broad SMARTS) is 1. The summed E-state index contributed by atoms with van der Waals surface area (Å²) in [4.78, 5) is 69.4. The molecule has 1 saturated heterocycles. The van der Waals surface area contributed by atoms with Gasteiger partial charge in [0.1, 0.15) is 48.0 Å². The molecule has 4 aromatic rings. The molecule has 3 aromatic carbocycles. The number of likely N-dealkylation sites (N-methyl/N-ethyl adjacent to an activating group) is 1. The highest BCUT2D eigenvalue weighted by atomic mass is 16.5. The second kappa shape index (κ2) is 19.7. The van der Waals surface area contributed by atoms with E-state index in [1.54, 1.807) is 61.2 Å². The van der Waals surface area contributed by atoms with E-state index in [1.807, 2.05) is 42.5 Å². The topological polar surface area (TPSA) is 206 Å². The fourth-order valence-corrected chi connectivity index (χ4v) is 6.93. The zero-order valence-electron chi connectivity index (χ0n) is 32.6. The Morgan fingerprint density at radius 3 is 2.26 bits per heavy atom. The van der Waals surface area contributed by atoms with Gasteiger partial charge in [0.05, 0.1) is 18.8 Å². The molecule has 0 radical (unpaired) electrons. The van der Waals surface area contributed by atoms with Crippen LogP contribution in [0.15, 0.2) is 85.1 Å². The Morgan fingerprint density at radius 2 is 1.57 bits per heavy atom. The standard InChI is InChI=1S/C42H50N8O8/c1-27(43-2)38(51)45-35-23-29-13-17-33(18-14-29)58-26-31-25-49(48-47-31)19-7-21-57-32-15-11-30(12-16-32)24-36(42(55)56)46-39(52)34(22-28-8-4-3-5-9-28)44-40(53)37-10-6-20-50(37)41(35)54/h3-5,8-9,11-18,25,27,34-37,43H,6-7,10,19-24,26H2,1-2H3,(H,44,53)(H,45,51)(H,46,52)(H,55,56)/t27-,34+,35-,36-,37-/m0/s1. The molecule has 16 heteroatoms. The fraction of sp³-hybridized carbons (Fsp3) is 0.405. The zero-order chi connectivity index (χ0) is 41.0. The molecule has 5 N–H and O–H groups in total. The van der Waals surface area contributed by atoms with Crippen LogP contribution in [0.3, 0.4) is 0 Å². The maximum atomic E-state index is 14.3. The van der Waals surface area contributed by atoms with Gasteiger partial charge in [0.2, 0.25) is 23.6 Å². The molecule has 1 aromatic heterocycles. The summed E-state index contributed by atoms with van der Waals surface area (Å²) >= 11 is 0. The van der Waals surface area contributed by atoms with Crippen LogP contribution in [-0.2, 0) is 56.4 Å². The Bertz CT molecular complexity index is 2020. The Kier molecular flexibility index (Phi) is 14.1. The van der Waals surface area contributed by atoms with E-state index in [0.29, 0.717) is 55.2 Å². The van der Waals surface area contributed by atoms with Gasteiger partial charge in [0.15, 0.2) is 0 Å². The van der Waals surface area contributed by atoms with Crippen LogP contribution in [0.25, 0.3) is 0 Å². The number of hydrogen-bond acceptors (Lipinski definition) is 10. The van der Waals surface area contributed by atoms with E-state index in [-0.39, 0.29) is 38.3 Å². The largest absolute Gasteiger partial charge is 0.494 e. The van der Waals surface area contributed by atoms with Crippen LogP contribution in [0.1, 0.15) is 48.6 Å². The van der Waals surface area contributed by atoms with Crippen LogP contribution in [0.5, 0.6) is 11.5 Å². The van der Waals surface area contributed by atoms with Crippen molar-refractivity contribution >= 4 is 29.6 Å². The number of amides is 4. The summed E-state index contributed by atoms with van der Waals surface area (Å²) in [5.74, 6) is -2.10. The summed E-state index contributed by atoms with van der Waals surface area (Å²) in [6.45, 7) is 3.11. The molecular weight excluding hydrogens is 745 g/mol. The quantitative estimate of drug-likeness (QED) is 0.190. The first-order chi connectivity index (χ1) is 28.1. The van der Waals surface area contributed by atoms with Gasteiger partial charge in [0.25, 0.3) is 0 Å². The summed E-state index contributed by atoms with van der Waals surface area (Å²) < 4.78 is 13.6. The Labute approximate surface area is 336 Å². The molecule has 58 heavy (non-hydrogen) atoms. The predicted molar refractivity (Wildman–Crippen MR) is 212 cm³/mol. The fourth-order valence-electron chi connectivity index (χ4n) is 6.93. The minimum absolute atomic E-state index is 0.0154. The zero-order valence-corrected chi connectivity index (χ0v) is 32.6. The molecule has 5 aliphatic heterocycles. The molecule has 6 heterocycles. The molecule has 0 saturated carbocycles. The Morgan fingerprint density at radius 1 is 0.879 bits per heavy atom. The number of carboxylic acids is 1. The van der Waals surface area contributed by atoms with Crippen LogP contribution in [0, 0.1) is 0 Å². The molecule has 0 aliphatic carbocycles. The van der Waals surface area contributed by atoms with Crippen LogP contribution in [-0.4, -0.2) is 105 Å². The molecule has 5 atom stereocenters. The number of benzene rings is 3. The number of aliphatic carboxylic acids is 1. The molecule has 0 spiro atoms. The van der Waals surface area contributed by atoms with E-state index in [9.17, 15) is 29.1 Å². The number of carbonyl (C=O) groups excluding carboxylic acids is 4. The Balaban J connectivity index is 1.27. The van der Waals surface area contributed by atoms with Crippen molar-refractivity contribution in [2.45, 2.75) is 88.8 Å². The van der Waals surface area contributed by atoms with E-state index in [0.717, 1.165) is 11.1 Å². The normalized spacial score (nSPS) is 21.6. The van der Waals surface area contributed by atoms with Gasteiger partial charge >= 0.3 is 5.97 Å². The van der Waals surface area contributed by atoms with Gasteiger partial charge in [-0.25, -0.2) is 4.79 Å². The SMILES string of the molecule is CN[C@@H](C)C(=O)N[C@H]1Cc2ccc(cc2)OCc2cn(nn2)CCCOc2ccc(cc2)C[C@@H](C(=O)O)NC(=O)[C@@H](Cc2ccccc2)NC(=O)[C@@H]2CCCN2C1=O. The Hall–Kier alpha value is -6.29. The van der Waals surface area contributed by atoms with E-state index < -0.39 is 53.9 Å². The summed E-state index contributed by atoms with van der Waals surface area (Å²) in [6.07, 6.45) is 3.52. The summed E-state index contributed by atoms with van der Waals surface area (Å²) in [5, 5.41) is 29.8. The molecule has 6 bridgehead atoms. The van der Waals surface area contributed by atoms with E-state index in [1.165, 1.54) is 4.90 Å². The monoisotopic (exact) mass is 794 g/mol. The van der Waals surface area contributed by atoms with Crippen molar-refractivity contribution in [2.24, 2.45) is 0 Å². The van der Waals surface area contributed by atoms with Crippen LogP contribution in [0.4, 0.5) is 0 Å². The van der Waals surface area contributed by atoms with Crippen LogP contribution >= 0.6 is 0 Å². The third-order valence-corrected chi connectivity index (χ3v) is 10.3. The lowest BCUT2D eigenvalue weighted by Gasteiger charge is -2.30. The third-order valence-electron chi connectivity index (χ3n) is 10.3. The molecule has 16 nitrogen and oxygen atoms in total. The summed E-state index contributed by atoms with van der Waals surface area (Å²) in [7, 11) is 1.64. The van der Waals surface area contributed by atoms with E-state index in [2.05, 4.69) is 31.6 Å². The maximum Gasteiger partial charge on any atom is 0.326 e. The summed E-state index contributed by atoms with van der Waals surface area (Å²) in [6, 6.07) is 18.3. The third kappa shape index (κ3) is 11.2. The second-order valence-corrected chi connectivity index (χ2v) is 14.6. The van der Waals surface area contributed by atoms with Crippen LogP contribution < -0.4 is 30.7 Å². The highest BCUT2D eigenvalue weighted by Gasteiger charge is 2.39. The lowest BCUT2D eigenvalue weighted by Crippen LogP contribution is -2.58. The number of hydrogen-bond donors (Lipinski definition) is 5. The number of nitrogens with zero attached hydrogens (tertiary/aromatic N) is 4. The van der Waals surface area contributed by atoms with Crippen molar-refractivity contribution in [3.8, 4) is 11.5 Å². The predicted octanol–water partition coefficient (Wildman–Crippen LogP) is 1.81. The van der Waals surface area contributed by atoms with E-state index >= 15 is 0 Å². The molecule has 9 rings (SSSR count). The van der Waals surface area contributed by atoms with E-state index in [4.69, 9.17) is 9.47 Å². The van der Waals surface area contributed by atoms with Gasteiger partial charge in [-0.2, -0.15) is 0 Å². The van der Waals surface area contributed by atoms with Gasteiger partial charge in [0, 0.05) is 38.8 Å². The van der Waals surface area contributed by atoms with Crippen molar-refractivity contribution in [3.63, 3.8) is 0 Å². The number of rotatable bonds is 6. The first-order valence-electron chi connectivity index (χ1n) is 19.5. The van der Waals surface area contributed by atoms with Gasteiger partial charge in [-0.1, -0.05) is 59.8 Å². The smallest absolute Gasteiger partial charge is 0.326 e. The molecule has 5 aliphatic rings. The highest BCUT2D eigenvalue weighted by Crippen LogP contribution is 2.22. The molecule has 0 unspecified atom stereocenters. The summed E-state index contributed by atoms with van der Waals surface area (Å²) in [5.41, 5.74) is 2.80. The van der Waals surface area contributed by atoms with Crippen molar-refractivity contribution in [1.29, 1.82) is 0 Å².